The van der Waals surface area contributed by atoms with Crippen molar-refractivity contribution >= 4 is 5.82 Å². The minimum Gasteiger partial charge on any atom is -0.347 e. The van der Waals surface area contributed by atoms with E-state index in [9.17, 15) is 9.59 Å². The Hall–Kier alpha value is -2.44. The number of aromatic amines is 1. The number of hydrogen-bond acceptors (Lipinski definition) is 5. The van der Waals surface area contributed by atoms with Crippen LogP contribution in [-0.2, 0) is 6.54 Å². The van der Waals surface area contributed by atoms with Gasteiger partial charge in [0.2, 0.25) is 0 Å². The van der Waals surface area contributed by atoms with Gasteiger partial charge >= 0.3 is 0 Å². The predicted octanol–water partition coefficient (Wildman–Crippen LogP) is 0.873. The largest absolute Gasteiger partial charge is 0.347 e. The highest BCUT2D eigenvalue weighted by Gasteiger charge is 2.29. The van der Waals surface area contributed by atoms with Crippen molar-refractivity contribution in [2.24, 2.45) is 0 Å². The molecule has 0 bridgehead atoms. The summed E-state index contributed by atoms with van der Waals surface area (Å²) < 4.78 is 1.55. The van der Waals surface area contributed by atoms with Crippen LogP contribution in [0.25, 0.3) is 0 Å². The SMILES string of the molecule is O=c1[nH]ccnc1N1CCCC1Cn1nc(C2CC2)ccc1=O. The number of aromatic nitrogens is 4. The topological polar surface area (TPSA) is 83.9 Å². The lowest BCUT2D eigenvalue weighted by Crippen LogP contribution is -2.40. The van der Waals surface area contributed by atoms with E-state index in [4.69, 9.17) is 0 Å². The van der Waals surface area contributed by atoms with Crippen LogP contribution in [0.3, 0.4) is 0 Å². The summed E-state index contributed by atoms with van der Waals surface area (Å²) in [5, 5.41) is 4.52. The van der Waals surface area contributed by atoms with Gasteiger partial charge in [0.1, 0.15) is 0 Å². The minimum absolute atomic E-state index is 0.0747. The molecule has 0 spiro atoms. The van der Waals surface area contributed by atoms with Gasteiger partial charge in [-0.05, 0) is 31.7 Å². The molecule has 1 aliphatic carbocycles. The molecular weight excluding hydrogens is 294 g/mol. The third kappa shape index (κ3) is 2.78. The standard InChI is InChI=1S/C16H19N5O2/c22-14-6-5-13(11-3-4-11)19-21(14)10-12-2-1-9-20(12)15-16(23)18-8-7-17-15/h5-8,11-12H,1-4,9-10H2,(H,18,23). The van der Waals surface area contributed by atoms with Crippen molar-refractivity contribution in [2.45, 2.75) is 44.2 Å². The van der Waals surface area contributed by atoms with Crippen LogP contribution < -0.4 is 16.0 Å². The van der Waals surface area contributed by atoms with E-state index < -0.39 is 0 Å². The molecule has 7 nitrogen and oxygen atoms in total. The van der Waals surface area contributed by atoms with E-state index in [1.165, 1.54) is 6.20 Å². The van der Waals surface area contributed by atoms with Crippen LogP contribution in [0.15, 0.2) is 34.1 Å². The summed E-state index contributed by atoms with van der Waals surface area (Å²) in [5.74, 6) is 0.946. The first-order chi connectivity index (χ1) is 11.2. The average molecular weight is 313 g/mol. The van der Waals surface area contributed by atoms with Crippen molar-refractivity contribution in [1.82, 2.24) is 19.7 Å². The van der Waals surface area contributed by atoms with Crippen LogP contribution in [0.1, 0.15) is 37.3 Å². The number of rotatable bonds is 4. The van der Waals surface area contributed by atoms with Gasteiger partial charge in [-0.3, -0.25) is 9.59 Å². The Kier molecular flexibility index (Phi) is 3.48. The van der Waals surface area contributed by atoms with Crippen molar-refractivity contribution < 1.29 is 0 Å². The lowest BCUT2D eigenvalue weighted by Gasteiger charge is -2.25. The summed E-state index contributed by atoms with van der Waals surface area (Å²) in [6, 6.07) is 3.52. The highest BCUT2D eigenvalue weighted by molar-refractivity contribution is 5.38. The van der Waals surface area contributed by atoms with Crippen LogP contribution in [-0.4, -0.2) is 32.3 Å². The fourth-order valence-electron chi connectivity index (χ4n) is 3.24. The molecule has 120 valence electrons. The van der Waals surface area contributed by atoms with E-state index in [1.54, 1.807) is 16.9 Å². The number of nitrogens with one attached hydrogen (secondary N) is 1. The van der Waals surface area contributed by atoms with Gasteiger partial charge < -0.3 is 9.88 Å². The fraction of sp³-hybridized carbons (Fsp3) is 0.500. The quantitative estimate of drug-likeness (QED) is 0.905. The van der Waals surface area contributed by atoms with Gasteiger partial charge in [-0.1, -0.05) is 0 Å². The fourth-order valence-corrected chi connectivity index (χ4v) is 3.24. The molecule has 2 fully saturated rings. The monoisotopic (exact) mass is 313 g/mol. The van der Waals surface area contributed by atoms with Gasteiger partial charge in [-0.2, -0.15) is 5.10 Å². The van der Waals surface area contributed by atoms with E-state index >= 15 is 0 Å². The molecule has 2 aromatic rings. The highest BCUT2D eigenvalue weighted by Crippen LogP contribution is 2.38. The summed E-state index contributed by atoms with van der Waals surface area (Å²) in [6.07, 6.45) is 7.34. The van der Waals surface area contributed by atoms with Crippen LogP contribution >= 0.6 is 0 Å². The second-order valence-corrected chi connectivity index (χ2v) is 6.28. The third-order valence-electron chi connectivity index (χ3n) is 4.60. The number of H-pyrrole nitrogens is 1. The number of nitrogens with zero attached hydrogens (tertiary/aromatic N) is 4. The van der Waals surface area contributed by atoms with Crippen molar-refractivity contribution in [3.05, 3.63) is 50.9 Å². The average Bonchev–Trinajstić information content (AvgIpc) is 3.30. The Balaban J connectivity index is 1.61. The summed E-state index contributed by atoms with van der Waals surface area (Å²) in [4.78, 5) is 33.0. The second kappa shape index (κ2) is 5.64. The van der Waals surface area contributed by atoms with E-state index in [1.807, 2.05) is 11.0 Å². The zero-order valence-electron chi connectivity index (χ0n) is 12.8. The first kappa shape index (κ1) is 14.2. The summed E-state index contributed by atoms with van der Waals surface area (Å²) in [5.41, 5.74) is 0.729. The van der Waals surface area contributed by atoms with Crippen LogP contribution in [0.2, 0.25) is 0 Å². The number of anilines is 1. The Morgan fingerprint density at radius 1 is 1.22 bits per heavy atom. The summed E-state index contributed by atoms with van der Waals surface area (Å²) >= 11 is 0. The maximum absolute atomic E-state index is 12.1. The predicted molar refractivity (Wildman–Crippen MR) is 85.7 cm³/mol. The smallest absolute Gasteiger partial charge is 0.290 e. The molecule has 1 saturated heterocycles. The Morgan fingerprint density at radius 2 is 2.09 bits per heavy atom. The number of hydrogen-bond donors (Lipinski definition) is 1. The first-order valence-electron chi connectivity index (χ1n) is 8.11. The van der Waals surface area contributed by atoms with Crippen molar-refractivity contribution in [1.29, 1.82) is 0 Å². The van der Waals surface area contributed by atoms with Gasteiger partial charge in [0, 0.05) is 30.9 Å². The highest BCUT2D eigenvalue weighted by atomic mass is 16.1. The van der Waals surface area contributed by atoms with Crippen LogP contribution in [0.4, 0.5) is 5.82 Å². The molecule has 1 saturated carbocycles. The second-order valence-electron chi connectivity index (χ2n) is 6.28. The molecule has 1 unspecified atom stereocenters. The van der Waals surface area contributed by atoms with E-state index in [2.05, 4.69) is 15.1 Å². The van der Waals surface area contributed by atoms with Crippen molar-refractivity contribution in [3.63, 3.8) is 0 Å². The lowest BCUT2D eigenvalue weighted by atomic mass is 10.2. The third-order valence-corrected chi connectivity index (χ3v) is 4.60. The maximum Gasteiger partial charge on any atom is 0.290 e. The zero-order valence-corrected chi connectivity index (χ0v) is 12.8. The van der Waals surface area contributed by atoms with E-state index in [0.29, 0.717) is 18.3 Å². The molecule has 2 aliphatic rings. The minimum atomic E-state index is -0.188. The molecule has 0 radical (unpaired) electrons. The molecule has 4 rings (SSSR count). The molecule has 1 N–H and O–H groups in total. The van der Waals surface area contributed by atoms with Gasteiger partial charge in [0.25, 0.3) is 11.1 Å². The molecule has 0 aromatic carbocycles. The molecule has 1 atom stereocenters. The molecule has 0 amide bonds. The molecule has 23 heavy (non-hydrogen) atoms. The Labute approximate surface area is 133 Å². The van der Waals surface area contributed by atoms with Crippen molar-refractivity contribution in [3.8, 4) is 0 Å². The maximum atomic E-state index is 12.1. The van der Waals surface area contributed by atoms with Crippen LogP contribution in [0, 0.1) is 0 Å². The lowest BCUT2D eigenvalue weighted by molar-refractivity contribution is 0.480. The summed E-state index contributed by atoms with van der Waals surface area (Å²) in [6.45, 7) is 1.28. The van der Waals surface area contributed by atoms with E-state index in [-0.39, 0.29) is 17.2 Å². The molecule has 3 heterocycles. The van der Waals surface area contributed by atoms with Crippen LogP contribution in [0.5, 0.6) is 0 Å². The van der Waals surface area contributed by atoms with Crippen molar-refractivity contribution in [2.75, 3.05) is 11.4 Å². The van der Waals surface area contributed by atoms with Gasteiger partial charge in [-0.15, -0.1) is 0 Å². The molecule has 1 aliphatic heterocycles. The molecular formula is C16H19N5O2. The normalized spacial score (nSPS) is 20.9. The zero-order chi connectivity index (χ0) is 15.8. The van der Waals surface area contributed by atoms with Gasteiger partial charge in [0.15, 0.2) is 5.82 Å². The Morgan fingerprint density at radius 3 is 2.87 bits per heavy atom. The molecule has 2 aromatic heterocycles. The molecule has 7 heteroatoms. The Bertz CT molecular complexity index is 823. The van der Waals surface area contributed by atoms with Gasteiger partial charge in [0.05, 0.1) is 18.3 Å². The van der Waals surface area contributed by atoms with Gasteiger partial charge in [-0.25, -0.2) is 9.67 Å². The summed E-state index contributed by atoms with van der Waals surface area (Å²) in [7, 11) is 0. The van der Waals surface area contributed by atoms with E-state index in [0.717, 1.165) is 37.9 Å². The first-order valence-corrected chi connectivity index (χ1v) is 8.11.